The zero-order valence-electron chi connectivity index (χ0n) is 15.3. The van der Waals surface area contributed by atoms with Crippen LogP contribution in [0.3, 0.4) is 0 Å². The van der Waals surface area contributed by atoms with Gasteiger partial charge in [0.25, 0.3) is 0 Å². The molecule has 3 nitrogen and oxygen atoms in total. The maximum atomic E-state index is 12.7. The van der Waals surface area contributed by atoms with Crippen molar-refractivity contribution in [2.24, 2.45) is 11.3 Å². The summed E-state index contributed by atoms with van der Waals surface area (Å²) in [6.45, 7) is 2.25. The van der Waals surface area contributed by atoms with Crippen molar-refractivity contribution in [3.8, 4) is 5.75 Å². The van der Waals surface area contributed by atoms with Crippen molar-refractivity contribution >= 4 is 11.5 Å². The Morgan fingerprint density at radius 1 is 1.16 bits per heavy atom. The van der Waals surface area contributed by atoms with Crippen LogP contribution in [0, 0.1) is 11.3 Å². The molecule has 1 aliphatic heterocycles. The van der Waals surface area contributed by atoms with E-state index in [1.165, 1.54) is 44.1 Å². The third-order valence-corrected chi connectivity index (χ3v) is 6.67. The zero-order chi connectivity index (χ0) is 17.4. The highest BCUT2D eigenvalue weighted by molar-refractivity contribution is 6.19. The molecule has 0 amide bonds. The Kier molecular flexibility index (Phi) is 4.35. The Morgan fingerprint density at radius 3 is 2.68 bits per heavy atom. The van der Waals surface area contributed by atoms with Gasteiger partial charge in [-0.25, -0.2) is 4.79 Å². The number of unbranched alkanes of at least 4 members (excludes halogenated alkanes) is 3. The third-order valence-electron chi connectivity index (χ3n) is 6.67. The van der Waals surface area contributed by atoms with E-state index in [2.05, 4.69) is 6.92 Å². The molecule has 1 heterocycles. The Hall–Kier alpha value is -1.77. The summed E-state index contributed by atoms with van der Waals surface area (Å²) in [6.07, 6.45) is 9.75. The maximum Gasteiger partial charge on any atom is 0.339 e. The predicted molar refractivity (Wildman–Crippen MR) is 98.3 cm³/mol. The molecular weight excluding hydrogens is 312 g/mol. The first-order chi connectivity index (χ1) is 12.2. The van der Waals surface area contributed by atoms with Gasteiger partial charge in [0.2, 0.25) is 0 Å². The summed E-state index contributed by atoms with van der Waals surface area (Å²) in [4.78, 5) is 12.7. The highest BCUT2D eigenvalue weighted by atomic mass is 16.5. The quantitative estimate of drug-likeness (QED) is 0.509. The monoisotopic (exact) mass is 340 g/mol. The predicted octanol–water partition coefficient (Wildman–Crippen LogP) is 5.14. The molecule has 0 aromatic heterocycles. The molecule has 0 radical (unpaired) electrons. The maximum absolute atomic E-state index is 12.7. The number of hydrogen-bond donors (Lipinski definition) is 0. The van der Waals surface area contributed by atoms with Crippen molar-refractivity contribution in [3.05, 3.63) is 35.4 Å². The summed E-state index contributed by atoms with van der Waals surface area (Å²) < 4.78 is 11.2. The van der Waals surface area contributed by atoms with Crippen molar-refractivity contribution in [2.75, 3.05) is 7.11 Å². The van der Waals surface area contributed by atoms with Crippen LogP contribution in [0.2, 0.25) is 0 Å². The molecule has 3 aliphatic rings. The molecule has 0 spiro atoms. The molecule has 0 saturated heterocycles. The molecule has 0 N–H and O–H groups in total. The minimum atomic E-state index is -0.116. The lowest BCUT2D eigenvalue weighted by atomic mass is 9.53. The van der Waals surface area contributed by atoms with Crippen LogP contribution in [-0.2, 0) is 9.53 Å². The fraction of sp³-hybridized carbons (Fsp3) is 0.591. The van der Waals surface area contributed by atoms with Gasteiger partial charge in [-0.3, -0.25) is 0 Å². The summed E-state index contributed by atoms with van der Waals surface area (Å²) >= 11 is 0. The second kappa shape index (κ2) is 6.51. The van der Waals surface area contributed by atoms with Gasteiger partial charge in [0.05, 0.1) is 12.7 Å². The topological polar surface area (TPSA) is 35.5 Å². The average molecular weight is 340 g/mol. The van der Waals surface area contributed by atoms with Crippen LogP contribution in [-0.4, -0.2) is 19.2 Å². The van der Waals surface area contributed by atoms with E-state index >= 15 is 0 Å². The standard InChI is InChI=1S/C22H28O3/c1-3-4-5-6-13-22-16-9-12-19(22)25-21(23)20(18(22)14-16)15-7-10-17(24-2)11-8-15/h7-8,10-11,16,19H,3-6,9,12-14H2,1-2H3/t16-,19-,22-/m1/s1. The lowest BCUT2D eigenvalue weighted by Crippen LogP contribution is -2.51. The summed E-state index contributed by atoms with van der Waals surface area (Å²) in [5, 5.41) is 0. The van der Waals surface area contributed by atoms with Gasteiger partial charge in [0.15, 0.2) is 0 Å². The molecule has 25 heavy (non-hydrogen) atoms. The Balaban J connectivity index is 1.67. The first-order valence-electron chi connectivity index (χ1n) is 9.79. The van der Waals surface area contributed by atoms with Crippen LogP contribution in [0.4, 0.5) is 0 Å². The normalized spacial score (nSPS) is 29.9. The van der Waals surface area contributed by atoms with Gasteiger partial charge in [-0.15, -0.1) is 0 Å². The van der Waals surface area contributed by atoms with Crippen molar-refractivity contribution in [1.82, 2.24) is 0 Å². The number of ether oxygens (including phenoxy) is 2. The van der Waals surface area contributed by atoms with Gasteiger partial charge in [0.1, 0.15) is 11.9 Å². The van der Waals surface area contributed by atoms with Gasteiger partial charge >= 0.3 is 5.97 Å². The van der Waals surface area contributed by atoms with E-state index in [1.807, 2.05) is 24.3 Å². The van der Waals surface area contributed by atoms with E-state index in [0.29, 0.717) is 0 Å². The van der Waals surface area contributed by atoms with Crippen molar-refractivity contribution in [2.45, 2.75) is 64.4 Å². The summed E-state index contributed by atoms with van der Waals surface area (Å²) in [7, 11) is 1.66. The molecule has 3 atom stereocenters. The van der Waals surface area contributed by atoms with E-state index in [4.69, 9.17) is 9.47 Å². The molecule has 0 bridgehead atoms. The van der Waals surface area contributed by atoms with Crippen LogP contribution in [0.5, 0.6) is 5.75 Å². The van der Waals surface area contributed by atoms with E-state index < -0.39 is 0 Å². The molecule has 1 aromatic carbocycles. The number of carbonyl (C=O) groups is 1. The molecule has 4 rings (SSSR count). The summed E-state index contributed by atoms with van der Waals surface area (Å²) in [5.74, 6) is 1.42. The van der Waals surface area contributed by atoms with E-state index in [1.54, 1.807) is 7.11 Å². The third kappa shape index (κ3) is 2.51. The second-order valence-corrected chi connectivity index (χ2v) is 7.81. The molecule has 0 unspecified atom stereocenters. The lowest BCUT2D eigenvalue weighted by Gasteiger charge is -2.54. The Labute approximate surface area is 150 Å². The number of rotatable bonds is 7. The summed E-state index contributed by atoms with van der Waals surface area (Å²) in [6, 6.07) is 7.85. The molecule has 3 heteroatoms. The number of carbonyl (C=O) groups excluding carboxylic acids is 1. The zero-order valence-corrected chi connectivity index (χ0v) is 15.3. The highest BCUT2D eigenvalue weighted by Crippen LogP contribution is 2.67. The number of esters is 1. The number of hydrogen-bond acceptors (Lipinski definition) is 3. The highest BCUT2D eigenvalue weighted by Gasteiger charge is 2.63. The largest absolute Gasteiger partial charge is 0.497 e. The molecule has 2 aliphatic carbocycles. The van der Waals surface area contributed by atoms with Crippen LogP contribution in [0.25, 0.3) is 5.57 Å². The molecular formula is C22H28O3. The van der Waals surface area contributed by atoms with Crippen molar-refractivity contribution < 1.29 is 14.3 Å². The van der Waals surface area contributed by atoms with Gasteiger partial charge < -0.3 is 9.47 Å². The van der Waals surface area contributed by atoms with Crippen LogP contribution >= 0.6 is 0 Å². The first kappa shape index (κ1) is 16.7. The van der Waals surface area contributed by atoms with E-state index in [9.17, 15) is 4.79 Å². The molecule has 134 valence electrons. The minimum absolute atomic E-state index is 0.116. The lowest BCUT2D eigenvalue weighted by molar-refractivity contribution is -0.152. The fourth-order valence-electron chi connectivity index (χ4n) is 5.38. The molecule has 2 fully saturated rings. The van der Waals surface area contributed by atoms with Gasteiger partial charge in [0, 0.05) is 5.41 Å². The number of methoxy groups -OCH3 is 1. The van der Waals surface area contributed by atoms with Crippen LogP contribution < -0.4 is 4.74 Å². The smallest absolute Gasteiger partial charge is 0.339 e. The minimum Gasteiger partial charge on any atom is -0.497 e. The van der Waals surface area contributed by atoms with Crippen LogP contribution in [0.15, 0.2) is 29.8 Å². The Bertz CT molecular complexity index is 688. The SMILES string of the molecule is CCCCCC[C@@]12C3=C(c4ccc(OC)cc4)C(=O)O[C@@H]1CC[C@@H]2C3. The van der Waals surface area contributed by atoms with Crippen molar-refractivity contribution in [3.63, 3.8) is 0 Å². The molecule has 2 saturated carbocycles. The van der Waals surface area contributed by atoms with Gasteiger partial charge in [-0.1, -0.05) is 44.7 Å². The number of benzene rings is 1. The van der Waals surface area contributed by atoms with E-state index in [0.717, 1.165) is 35.6 Å². The Morgan fingerprint density at radius 2 is 1.96 bits per heavy atom. The average Bonchev–Trinajstić information content (AvgIpc) is 2.93. The summed E-state index contributed by atoms with van der Waals surface area (Å²) in [5.41, 5.74) is 3.36. The van der Waals surface area contributed by atoms with Gasteiger partial charge in [-0.2, -0.15) is 0 Å². The first-order valence-corrected chi connectivity index (χ1v) is 9.79. The van der Waals surface area contributed by atoms with Crippen molar-refractivity contribution in [1.29, 1.82) is 0 Å². The van der Waals surface area contributed by atoms with Gasteiger partial charge in [-0.05, 0) is 54.9 Å². The fourth-order valence-corrected chi connectivity index (χ4v) is 5.38. The van der Waals surface area contributed by atoms with E-state index in [-0.39, 0.29) is 17.5 Å². The second-order valence-electron chi connectivity index (χ2n) is 7.81. The molecule has 1 aromatic rings. The van der Waals surface area contributed by atoms with Crippen LogP contribution in [0.1, 0.15) is 63.9 Å².